The van der Waals surface area contributed by atoms with Crippen LogP contribution in [-0.4, -0.2) is 54.5 Å². The highest BCUT2D eigenvalue weighted by atomic mass is 32.2. The van der Waals surface area contributed by atoms with Gasteiger partial charge >= 0.3 is 0 Å². The number of carbonyl (C=O) groups is 1. The Bertz CT molecular complexity index is 780. The molecule has 1 amide bonds. The molecule has 0 atom stereocenters. The molecule has 0 aliphatic carbocycles. The molecule has 1 fully saturated rings. The summed E-state index contributed by atoms with van der Waals surface area (Å²) in [5.74, 6) is 1.42. The van der Waals surface area contributed by atoms with Gasteiger partial charge in [-0.2, -0.15) is 0 Å². The highest BCUT2D eigenvalue weighted by Gasteiger charge is 2.22. The summed E-state index contributed by atoms with van der Waals surface area (Å²) in [4.78, 5) is 25.5. The Balaban J connectivity index is 1.41. The molecule has 0 unspecified atom stereocenters. The van der Waals surface area contributed by atoms with Gasteiger partial charge in [0.1, 0.15) is 17.2 Å². The van der Waals surface area contributed by atoms with Crippen LogP contribution in [0.25, 0.3) is 0 Å². The second-order valence-corrected chi connectivity index (χ2v) is 7.38. The Hall–Kier alpha value is -2.12. The van der Waals surface area contributed by atoms with Crippen molar-refractivity contribution in [3.05, 3.63) is 42.2 Å². The standard InChI is InChI=1S/C19H22N4O2S/c24-19(23-7-3-5-15-4-1-2-6-16(15)23)13-26-18-12-17(20-14-21-18)22-8-10-25-11-9-22/h1-2,4,6,12,14H,3,5,7-11,13H2. The Labute approximate surface area is 157 Å². The summed E-state index contributed by atoms with van der Waals surface area (Å²) in [5.41, 5.74) is 2.31. The van der Waals surface area contributed by atoms with Gasteiger partial charge in [-0.1, -0.05) is 30.0 Å². The van der Waals surface area contributed by atoms with Crippen LogP contribution in [0.4, 0.5) is 11.5 Å². The van der Waals surface area contributed by atoms with Crippen LogP contribution in [0.15, 0.2) is 41.7 Å². The van der Waals surface area contributed by atoms with Gasteiger partial charge in [0, 0.05) is 31.4 Å². The highest BCUT2D eigenvalue weighted by Crippen LogP contribution is 2.28. The molecule has 136 valence electrons. The molecule has 6 nitrogen and oxygen atoms in total. The fraction of sp³-hybridized carbons (Fsp3) is 0.421. The minimum Gasteiger partial charge on any atom is -0.378 e. The lowest BCUT2D eigenvalue weighted by molar-refractivity contribution is -0.116. The number of morpholine rings is 1. The summed E-state index contributed by atoms with van der Waals surface area (Å²) in [7, 11) is 0. The third-order valence-electron chi connectivity index (χ3n) is 4.72. The van der Waals surface area contributed by atoms with E-state index in [9.17, 15) is 4.79 Å². The SMILES string of the molecule is O=C(CSc1cc(N2CCOCC2)ncn1)N1CCCc2ccccc21. The van der Waals surface area contributed by atoms with Crippen LogP contribution in [0, 0.1) is 0 Å². The monoisotopic (exact) mass is 370 g/mol. The normalized spacial score (nSPS) is 17.1. The molecule has 0 radical (unpaired) electrons. The van der Waals surface area contributed by atoms with Gasteiger partial charge in [0.2, 0.25) is 5.91 Å². The van der Waals surface area contributed by atoms with Crippen LogP contribution >= 0.6 is 11.8 Å². The number of aromatic nitrogens is 2. The van der Waals surface area contributed by atoms with Gasteiger partial charge in [0.15, 0.2) is 0 Å². The van der Waals surface area contributed by atoms with Crippen LogP contribution < -0.4 is 9.80 Å². The van der Waals surface area contributed by atoms with E-state index in [0.29, 0.717) is 5.75 Å². The van der Waals surface area contributed by atoms with Gasteiger partial charge in [-0.25, -0.2) is 9.97 Å². The fourth-order valence-corrected chi connectivity index (χ4v) is 4.12. The Kier molecular flexibility index (Phi) is 5.36. The zero-order valence-corrected chi connectivity index (χ0v) is 15.5. The predicted molar refractivity (Wildman–Crippen MR) is 103 cm³/mol. The summed E-state index contributed by atoms with van der Waals surface area (Å²) in [6.07, 6.45) is 3.64. The van der Waals surface area contributed by atoms with Crippen molar-refractivity contribution in [1.82, 2.24) is 9.97 Å². The first-order chi connectivity index (χ1) is 12.8. The number of hydrogen-bond donors (Lipinski definition) is 0. The Morgan fingerprint density at radius 3 is 2.88 bits per heavy atom. The summed E-state index contributed by atoms with van der Waals surface area (Å²) in [6, 6.07) is 10.2. The van der Waals surface area contributed by atoms with Crippen molar-refractivity contribution >= 4 is 29.2 Å². The number of para-hydroxylation sites is 1. The summed E-state index contributed by atoms with van der Waals surface area (Å²) < 4.78 is 5.39. The Morgan fingerprint density at radius 1 is 1.15 bits per heavy atom. The number of amides is 1. The average molecular weight is 370 g/mol. The number of hydrogen-bond acceptors (Lipinski definition) is 6. The van der Waals surface area contributed by atoms with E-state index in [-0.39, 0.29) is 5.91 Å². The van der Waals surface area contributed by atoms with E-state index in [2.05, 4.69) is 20.9 Å². The van der Waals surface area contributed by atoms with Crippen molar-refractivity contribution in [3.63, 3.8) is 0 Å². The smallest absolute Gasteiger partial charge is 0.237 e. The molecule has 0 N–H and O–H groups in total. The van der Waals surface area contributed by atoms with Gasteiger partial charge in [0.25, 0.3) is 0 Å². The number of thioether (sulfide) groups is 1. The molecule has 26 heavy (non-hydrogen) atoms. The van der Waals surface area contributed by atoms with E-state index in [0.717, 1.165) is 62.2 Å². The van der Waals surface area contributed by atoms with Gasteiger partial charge < -0.3 is 14.5 Å². The molecular weight excluding hydrogens is 348 g/mol. The van der Waals surface area contributed by atoms with E-state index in [1.807, 2.05) is 29.2 Å². The largest absolute Gasteiger partial charge is 0.378 e. The highest BCUT2D eigenvalue weighted by molar-refractivity contribution is 7.99. The molecule has 2 aliphatic heterocycles. The number of aryl methyl sites for hydroxylation is 1. The van der Waals surface area contributed by atoms with Gasteiger partial charge in [-0.15, -0.1) is 0 Å². The van der Waals surface area contributed by atoms with E-state index in [4.69, 9.17) is 4.74 Å². The summed E-state index contributed by atoms with van der Waals surface area (Å²) in [6.45, 7) is 3.91. The van der Waals surface area contributed by atoms with Crippen molar-refractivity contribution in [2.24, 2.45) is 0 Å². The molecule has 2 aliphatic rings. The summed E-state index contributed by atoms with van der Waals surface area (Å²) in [5, 5.41) is 0.833. The predicted octanol–water partition coefficient (Wildman–Crippen LogP) is 2.38. The summed E-state index contributed by atoms with van der Waals surface area (Å²) >= 11 is 1.47. The van der Waals surface area contributed by atoms with Crippen LogP contribution in [-0.2, 0) is 16.0 Å². The van der Waals surface area contributed by atoms with Crippen LogP contribution in [0.5, 0.6) is 0 Å². The lowest BCUT2D eigenvalue weighted by atomic mass is 10.0. The van der Waals surface area contributed by atoms with E-state index in [1.165, 1.54) is 17.3 Å². The molecule has 3 heterocycles. The van der Waals surface area contributed by atoms with Crippen molar-refractivity contribution in [2.45, 2.75) is 17.9 Å². The lowest BCUT2D eigenvalue weighted by Gasteiger charge is -2.29. The molecule has 1 aromatic carbocycles. The van der Waals surface area contributed by atoms with Gasteiger partial charge in [-0.3, -0.25) is 4.79 Å². The molecule has 0 bridgehead atoms. The van der Waals surface area contributed by atoms with Gasteiger partial charge in [0.05, 0.1) is 19.0 Å². The first-order valence-corrected chi connectivity index (χ1v) is 9.95. The number of anilines is 2. The van der Waals surface area contributed by atoms with Crippen molar-refractivity contribution < 1.29 is 9.53 Å². The third-order valence-corrected chi connectivity index (χ3v) is 5.63. The van der Waals surface area contributed by atoms with Crippen molar-refractivity contribution in [2.75, 3.05) is 48.4 Å². The molecule has 1 aromatic heterocycles. The molecule has 4 rings (SSSR count). The number of benzene rings is 1. The van der Waals surface area contributed by atoms with Crippen LogP contribution in [0.1, 0.15) is 12.0 Å². The van der Waals surface area contributed by atoms with Crippen LogP contribution in [0.2, 0.25) is 0 Å². The lowest BCUT2D eigenvalue weighted by Crippen LogP contribution is -2.37. The topological polar surface area (TPSA) is 58.6 Å². The first-order valence-electron chi connectivity index (χ1n) is 8.97. The zero-order chi connectivity index (χ0) is 17.8. The van der Waals surface area contributed by atoms with Gasteiger partial charge in [-0.05, 0) is 24.5 Å². The number of rotatable bonds is 4. The average Bonchev–Trinajstić information content (AvgIpc) is 2.72. The Morgan fingerprint density at radius 2 is 2.00 bits per heavy atom. The molecule has 0 spiro atoms. The molecule has 1 saturated heterocycles. The molecule has 0 saturated carbocycles. The first kappa shape index (κ1) is 17.3. The molecule has 2 aromatic rings. The number of ether oxygens (including phenoxy) is 1. The minimum atomic E-state index is 0.133. The molecule has 7 heteroatoms. The second kappa shape index (κ2) is 8.05. The third kappa shape index (κ3) is 3.83. The maximum atomic E-state index is 12.8. The van der Waals surface area contributed by atoms with E-state index < -0.39 is 0 Å². The maximum Gasteiger partial charge on any atom is 0.237 e. The number of fused-ring (bicyclic) bond motifs is 1. The zero-order valence-electron chi connectivity index (χ0n) is 14.6. The van der Waals surface area contributed by atoms with E-state index in [1.54, 1.807) is 6.33 Å². The maximum absolute atomic E-state index is 12.8. The molecular formula is C19H22N4O2S. The minimum absolute atomic E-state index is 0.133. The second-order valence-electron chi connectivity index (χ2n) is 6.38. The van der Waals surface area contributed by atoms with Crippen molar-refractivity contribution in [3.8, 4) is 0 Å². The van der Waals surface area contributed by atoms with Crippen molar-refractivity contribution in [1.29, 1.82) is 0 Å². The number of carbonyl (C=O) groups excluding carboxylic acids is 1. The number of nitrogens with zero attached hydrogens (tertiary/aromatic N) is 4. The fourth-order valence-electron chi connectivity index (χ4n) is 3.38. The van der Waals surface area contributed by atoms with Crippen LogP contribution in [0.3, 0.4) is 0 Å². The van der Waals surface area contributed by atoms with E-state index >= 15 is 0 Å². The quantitative estimate of drug-likeness (QED) is 0.608.